The summed E-state index contributed by atoms with van der Waals surface area (Å²) in [5, 5.41) is 21.4. The number of carboxylic acids is 2. The standard InChI is InChI=1S/C10H17N3O6S/c11-5(10(18)19)1-2-7(14)13-6(4-20)9(17)12-3-8(15)16/h5-6,20H,1-4,11H2,(H,12,17)(H,13,14)(H,15,16)(H,18,19)/t5-,6-/m0/s1/i13+1. The molecule has 0 aromatic carbocycles. The van der Waals surface area contributed by atoms with Gasteiger partial charge in [-0.25, -0.2) is 0 Å². The zero-order valence-electron chi connectivity index (χ0n) is 10.5. The molecule has 20 heavy (non-hydrogen) atoms. The number of carbonyl (C=O) groups excluding carboxylic acids is 2. The molecule has 0 aliphatic heterocycles. The summed E-state index contributed by atoms with van der Waals surface area (Å²) in [6, 6.07) is -2.15. The van der Waals surface area contributed by atoms with E-state index in [1.54, 1.807) is 0 Å². The SMILES string of the molecule is N[C@@H](CCC(=O)[15NH][C@@H](CS)C(=O)NCC(=O)O)C(=O)O. The molecule has 0 aromatic rings. The maximum atomic E-state index is 11.5. The van der Waals surface area contributed by atoms with Crippen molar-refractivity contribution in [1.29, 1.82) is 0 Å². The Morgan fingerprint density at radius 2 is 1.80 bits per heavy atom. The van der Waals surface area contributed by atoms with Gasteiger partial charge in [-0.2, -0.15) is 12.6 Å². The van der Waals surface area contributed by atoms with E-state index in [9.17, 15) is 19.2 Å². The van der Waals surface area contributed by atoms with Crippen molar-refractivity contribution in [3.05, 3.63) is 0 Å². The second-order valence-corrected chi connectivity index (χ2v) is 4.26. The van der Waals surface area contributed by atoms with Crippen LogP contribution in [0.25, 0.3) is 0 Å². The third-order valence-electron chi connectivity index (χ3n) is 2.25. The Morgan fingerprint density at radius 1 is 1.20 bits per heavy atom. The average Bonchev–Trinajstić information content (AvgIpc) is 2.38. The molecule has 2 amide bonds. The monoisotopic (exact) mass is 308 g/mol. The molecule has 2 atom stereocenters. The number of hydrogen-bond donors (Lipinski definition) is 6. The Morgan fingerprint density at radius 3 is 2.25 bits per heavy atom. The van der Waals surface area contributed by atoms with Crippen LogP contribution in [-0.4, -0.2) is 58.3 Å². The van der Waals surface area contributed by atoms with Gasteiger partial charge in [0.2, 0.25) is 11.8 Å². The third kappa shape index (κ3) is 7.59. The van der Waals surface area contributed by atoms with Crippen LogP contribution in [0.2, 0.25) is 0 Å². The van der Waals surface area contributed by atoms with Gasteiger partial charge in [0.25, 0.3) is 0 Å². The minimum atomic E-state index is -1.22. The number of nitrogens with one attached hydrogen (secondary N) is 2. The highest BCUT2D eigenvalue weighted by Gasteiger charge is 2.20. The molecule has 0 aliphatic rings. The Hall–Kier alpha value is -1.81. The number of carboxylic acid groups (broad SMARTS) is 2. The average molecular weight is 308 g/mol. The molecule has 0 spiro atoms. The lowest BCUT2D eigenvalue weighted by atomic mass is 10.1. The minimum absolute atomic E-state index is 0.0256. The highest BCUT2D eigenvalue weighted by Crippen LogP contribution is 1.97. The lowest BCUT2D eigenvalue weighted by Gasteiger charge is -2.16. The summed E-state index contributed by atoms with van der Waals surface area (Å²) in [6.07, 6.45) is -0.235. The Labute approximate surface area is 120 Å². The van der Waals surface area contributed by atoms with Gasteiger partial charge in [0.15, 0.2) is 0 Å². The van der Waals surface area contributed by atoms with Gasteiger partial charge in [-0.3, -0.25) is 19.2 Å². The predicted octanol–water partition coefficient (Wildman–Crippen LogP) is -2.21. The molecule has 6 N–H and O–H groups in total. The van der Waals surface area contributed by atoms with Crippen LogP contribution in [0, 0.1) is 0 Å². The second-order valence-electron chi connectivity index (χ2n) is 3.90. The van der Waals surface area contributed by atoms with Crippen molar-refractivity contribution < 1.29 is 29.4 Å². The third-order valence-corrected chi connectivity index (χ3v) is 2.61. The van der Waals surface area contributed by atoms with Crippen LogP contribution in [0.1, 0.15) is 12.8 Å². The molecule has 0 aliphatic carbocycles. The minimum Gasteiger partial charge on any atom is -0.480 e. The number of rotatable bonds is 9. The zero-order chi connectivity index (χ0) is 15.7. The second kappa shape index (κ2) is 9.15. The first kappa shape index (κ1) is 18.2. The topological polar surface area (TPSA) is 159 Å². The fourth-order valence-electron chi connectivity index (χ4n) is 1.16. The van der Waals surface area contributed by atoms with Gasteiger partial charge in [0, 0.05) is 12.2 Å². The summed E-state index contributed by atoms with van der Waals surface area (Å²) in [6.45, 7) is -0.567. The van der Waals surface area contributed by atoms with Gasteiger partial charge >= 0.3 is 11.9 Å². The summed E-state index contributed by atoms with van der Waals surface area (Å²) in [4.78, 5) is 43.7. The molecule has 9 nitrogen and oxygen atoms in total. The lowest BCUT2D eigenvalue weighted by molar-refractivity contribution is -0.139. The predicted molar refractivity (Wildman–Crippen MR) is 71.3 cm³/mol. The molecular formula is C10H17N3O6S. The molecule has 0 unspecified atom stereocenters. The van der Waals surface area contributed by atoms with Crippen LogP contribution < -0.4 is 16.4 Å². The van der Waals surface area contributed by atoms with E-state index in [0.717, 1.165) is 0 Å². The van der Waals surface area contributed by atoms with E-state index in [0.29, 0.717) is 0 Å². The van der Waals surface area contributed by atoms with E-state index >= 15 is 0 Å². The molecule has 0 fully saturated rings. The Balaban J connectivity index is 4.21. The summed E-state index contributed by atoms with van der Waals surface area (Å²) in [7, 11) is 0. The number of carbonyl (C=O) groups is 4. The molecule has 0 radical (unpaired) electrons. The fraction of sp³-hybridized carbons (Fsp3) is 0.600. The van der Waals surface area contributed by atoms with Gasteiger partial charge in [-0.05, 0) is 6.42 Å². The first-order chi connectivity index (χ1) is 9.27. The van der Waals surface area contributed by atoms with E-state index in [4.69, 9.17) is 15.9 Å². The summed E-state index contributed by atoms with van der Waals surface area (Å²) >= 11 is 3.87. The van der Waals surface area contributed by atoms with Crippen molar-refractivity contribution in [2.24, 2.45) is 5.73 Å². The number of thiol groups is 1. The van der Waals surface area contributed by atoms with Gasteiger partial charge < -0.3 is 26.6 Å². The van der Waals surface area contributed by atoms with Crippen molar-refractivity contribution in [1.82, 2.24) is 10.6 Å². The van der Waals surface area contributed by atoms with Gasteiger partial charge in [-0.15, -0.1) is 0 Å². The Bertz CT molecular complexity index is 389. The van der Waals surface area contributed by atoms with Crippen LogP contribution in [0.15, 0.2) is 0 Å². The zero-order valence-corrected chi connectivity index (χ0v) is 11.4. The molecule has 0 heterocycles. The summed E-state index contributed by atoms with van der Waals surface area (Å²) in [5.74, 6) is -3.70. The van der Waals surface area contributed by atoms with Crippen LogP contribution in [0.3, 0.4) is 0 Å². The molecule has 0 saturated carbocycles. The normalized spacial score (nSPS) is 13.1. The maximum absolute atomic E-state index is 11.5. The molecule has 114 valence electrons. The van der Waals surface area contributed by atoms with E-state index in [1.165, 1.54) is 0 Å². The Kier molecular flexibility index (Phi) is 8.32. The molecule has 10 heteroatoms. The van der Waals surface area contributed by atoms with E-state index < -0.39 is 42.4 Å². The van der Waals surface area contributed by atoms with Crippen LogP contribution >= 0.6 is 12.6 Å². The quantitative estimate of drug-likeness (QED) is 0.208. The lowest BCUT2D eigenvalue weighted by Crippen LogP contribution is -2.49. The number of aliphatic carboxylic acids is 2. The molecule has 0 aromatic heterocycles. The van der Waals surface area contributed by atoms with Gasteiger partial charge in [0.05, 0.1) is 0 Å². The number of nitrogens with two attached hydrogens (primary N) is 1. The van der Waals surface area contributed by atoms with E-state index in [-0.39, 0.29) is 18.6 Å². The number of amides is 2. The van der Waals surface area contributed by atoms with Crippen molar-refractivity contribution >= 4 is 36.4 Å². The summed E-state index contributed by atoms with van der Waals surface area (Å²) in [5.41, 5.74) is 5.23. The van der Waals surface area contributed by atoms with Crippen molar-refractivity contribution in [3.8, 4) is 0 Å². The molecular weight excluding hydrogens is 291 g/mol. The van der Waals surface area contributed by atoms with E-state index in [2.05, 4.69) is 23.3 Å². The van der Waals surface area contributed by atoms with Gasteiger partial charge in [-0.1, -0.05) is 0 Å². The van der Waals surface area contributed by atoms with Crippen LogP contribution in [0.4, 0.5) is 0 Å². The van der Waals surface area contributed by atoms with Crippen molar-refractivity contribution in [2.75, 3.05) is 12.3 Å². The smallest absolute Gasteiger partial charge is 0.322 e. The molecule has 0 bridgehead atoms. The van der Waals surface area contributed by atoms with E-state index in [1.807, 2.05) is 0 Å². The van der Waals surface area contributed by atoms with Crippen LogP contribution in [-0.2, 0) is 19.2 Å². The highest BCUT2D eigenvalue weighted by atomic mass is 32.1. The molecule has 0 saturated heterocycles. The fourth-order valence-corrected chi connectivity index (χ4v) is 1.41. The maximum Gasteiger partial charge on any atom is 0.322 e. The number of hydrogen-bond acceptors (Lipinski definition) is 6. The van der Waals surface area contributed by atoms with Crippen LogP contribution in [0.5, 0.6) is 0 Å². The van der Waals surface area contributed by atoms with Gasteiger partial charge in [0.1, 0.15) is 18.6 Å². The first-order valence-electron chi connectivity index (χ1n) is 5.66. The highest BCUT2D eigenvalue weighted by molar-refractivity contribution is 7.80. The largest absolute Gasteiger partial charge is 0.480 e. The first-order valence-corrected chi connectivity index (χ1v) is 6.29. The summed E-state index contributed by atoms with van der Waals surface area (Å²) < 4.78 is 0. The molecule has 0 rings (SSSR count). The van der Waals surface area contributed by atoms with Crippen molar-refractivity contribution in [3.63, 3.8) is 0 Å². The van der Waals surface area contributed by atoms with Crippen molar-refractivity contribution in [2.45, 2.75) is 24.9 Å².